The van der Waals surface area contributed by atoms with E-state index in [1.54, 1.807) is 40.7 Å². The summed E-state index contributed by atoms with van der Waals surface area (Å²) in [6.45, 7) is 3.25. The zero-order valence-electron chi connectivity index (χ0n) is 18.0. The summed E-state index contributed by atoms with van der Waals surface area (Å²) in [5.41, 5.74) is 2.26. The van der Waals surface area contributed by atoms with Crippen LogP contribution in [0.1, 0.15) is 18.4 Å². The minimum absolute atomic E-state index is 0.162. The highest BCUT2D eigenvalue weighted by atomic mass is 32.2. The molecule has 3 aromatic rings. The molecule has 0 spiro atoms. The molecule has 3 heterocycles. The summed E-state index contributed by atoms with van der Waals surface area (Å²) in [5.74, 6) is 1.30. The van der Waals surface area contributed by atoms with Gasteiger partial charge in [-0.1, -0.05) is 11.8 Å². The minimum Gasteiger partial charge on any atom is -0.454 e. The summed E-state index contributed by atoms with van der Waals surface area (Å²) in [5, 5.41) is 4.35. The molecule has 2 aliphatic rings. The highest BCUT2D eigenvalue weighted by Gasteiger charge is 2.27. The van der Waals surface area contributed by atoms with Gasteiger partial charge in [0, 0.05) is 30.2 Å². The van der Waals surface area contributed by atoms with Gasteiger partial charge in [0.1, 0.15) is 0 Å². The number of nitrogens with zero attached hydrogens (tertiary/aromatic N) is 2. The normalized spacial score (nSPS) is 15.8. The summed E-state index contributed by atoms with van der Waals surface area (Å²) < 4.78 is 37.9. The van der Waals surface area contributed by atoms with Crippen molar-refractivity contribution in [1.29, 1.82) is 0 Å². The monoisotopic (exact) mass is 485 g/mol. The molecule has 2 aromatic carbocycles. The van der Waals surface area contributed by atoms with E-state index in [2.05, 4.69) is 10.3 Å². The number of sulfonamides is 1. The maximum Gasteiger partial charge on any atom is 0.243 e. The lowest BCUT2D eigenvalue weighted by molar-refractivity contribution is -0.113. The Morgan fingerprint density at radius 1 is 1.09 bits per heavy atom. The first-order valence-corrected chi connectivity index (χ1v) is 13.1. The Morgan fingerprint density at radius 3 is 2.70 bits per heavy atom. The van der Waals surface area contributed by atoms with Gasteiger partial charge in [0.2, 0.25) is 22.7 Å². The van der Waals surface area contributed by atoms with Crippen molar-refractivity contribution in [2.24, 2.45) is 0 Å². The third-order valence-corrected chi connectivity index (χ3v) is 8.48. The number of thioether (sulfide) groups is 1. The zero-order valence-corrected chi connectivity index (χ0v) is 19.7. The van der Waals surface area contributed by atoms with Crippen molar-refractivity contribution in [1.82, 2.24) is 9.29 Å². The zero-order chi connectivity index (χ0) is 23.0. The van der Waals surface area contributed by atoms with Crippen LogP contribution in [-0.4, -0.2) is 49.2 Å². The van der Waals surface area contributed by atoms with E-state index in [-0.39, 0.29) is 18.5 Å². The van der Waals surface area contributed by atoms with Gasteiger partial charge in [-0.25, -0.2) is 13.4 Å². The van der Waals surface area contributed by atoms with Crippen LogP contribution in [0.5, 0.6) is 11.5 Å². The molecule has 0 bridgehead atoms. The Bertz CT molecular complexity index is 1340. The third kappa shape index (κ3) is 4.50. The molecule has 8 nitrogen and oxygen atoms in total. The molecule has 1 fully saturated rings. The molecule has 0 saturated carbocycles. The number of hydrogen-bond donors (Lipinski definition) is 1. The van der Waals surface area contributed by atoms with E-state index in [0.29, 0.717) is 45.7 Å². The summed E-state index contributed by atoms with van der Waals surface area (Å²) in [6, 6.07) is 12.2. The highest BCUT2D eigenvalue weighted by molar-refractivity contribution is 7.99. The summed E-state index contributed by atoms with van der Waals surface area (Å²) in [7, 11) is -3.48. The Balaban J connectivity index is 1.28. The number of amides is 1. The molecule has 1 amide bonds. The molecule has 0 atom stereocenters. The van der Waals surface area contributed by atoms with E-state index in [9.17, 15) is 13.2 Å². The third-order valence-electron chi connectivity index (χ3n) is 5.67. The van der Waals surface area contributed by atoms with Crippen LogP contribution in [0.15, 0.2) is 52.4 Å². The minimum atomic E-state index is -3.48. The van der Waals surface area contributed by atoms with Gasteiger partial charge in [-0.2, -0.15) is 4.31 Å². The van der Waals surface area contributed by atoms with E-state index < -0.39 is 10.0 Å². The molecule has 1 saturated heterocycles. The Hall–Kier alpha value is -2.82. The fourth-order valence-corrected chi connectivity index (χ4v) is 6.28. The lowest BCUT2D eigenvalue weighted by atomic mass is 10.1. The summed E-state index contributed by atoms with van der Waals surface area (Å²) in [6.07, 6.45) is 1.80. The second-order valence-electron chi connectivity index (χ2n) is 7.97. The maximum atomic E-state index is 12.9. The average molecular weight is 486 g/mol. The number of carbonyl (C=O) groups excluding carboxylic acids is 1. The predicted octanol–water partition coefficient (Wildman–Crippen LogP) is 3.79. The smallest absolute Gasteiger partial charge is 0.243 e. The van der Waals surface area contributed by atoms with Gasteiger partial charge < -0.3 is 14.8 Å². The number of nitrogens with one attached hydrogen (secondary N) is 1. The van der Waals surface area contributed by atoms with E-state index in [4.69, 9.17) is 9.47 Å². The van der Waals surface area contributed by atoms with Crippen molar-refractivity contribution in [3.63, 3.8) is 0 Å². The number of pyridine rings is 1. The van der Waals surface area contributed by atoms with Gasteiger partial charge in [0.25, 0.3) is 0 Å². The van der Waals surface area contributed by atoms with E-state index >= 15 is 0 Å². The number of ether oxygens (including phenoxy) is 2. The number of aryl methyl sites for hydroxylation is 1. The summed E-state index contributed by atoms with van der Waals surface area (Å²) in [4.78, 5) is 17.3. The van der Waals surface area contributed by atoms with Crippen LogP contribution in [0, 0.1) is 6.92 Å². The topological polar surface area (TPSA) is 97.8 Å². The van der Waals surface area contributed by atoms with Crippen LogP contribution < -0.4 is 14.8 Å². The van der Waals surface area contributed by atoms with E-state index in [1.807, 2.05) is 13.0 Å². The van der Waals surface area contributed by atoms with Gasteiger partial charge in [0.15, 0.2) is 11.5 Å². The van der Waals surface area contributed by atoms with Gasteiger partial charge in [0.05, 0.1) is 21.2 Å². The van der Waals surface area contributed by atoms with Crippen LogP contribution in [0.3, 0.4) is 0 Å². The number of anilines is 1. The Morgan fingerprint density at radius 2 is 1.88 bits per heavy atom. The number of carbonyl (C=O) groups is 1. The van der Waals surface area contributed by atoms with Crippen molar-refractivity contribution in [2.45, 2.75) is 29.7 Å². The van der Waals surface area contributed by atoms with Crippen LogP contribution in [-0.2, 0) is 14.8 Å². The van der Waals surface area contributed by atoms with Crippen molar-refractivity contribution < 1.29 is 22.7 Å². The highest BCUT2D eigenvalue weighted by Crippen LogP contribution is 2.34. The molecule has 1 N–H and O–H groups in total. The fourth-order valence-electron chi connectivity index (χ4n) is 3.97. The van der Waals surface area contributed by atoms with Crippen molar-refractivity contribution >= 4 is 44.3 Å². The number of benzene rings is 2. The van der Waals surface area contributed by atoms with Crippen LogP contribution in [0.25, 0.3) is 10.9 Å². The lowest BCUT2D eigenvalue weighted by Crippen LogP contribution is -2.27. The van der Waals surface area contributed by atoms with Crippen molar-refractivity contribution in [3.8, 4) is 11.5 Å². The van der Waals surface area contributed by atoms with Crippen molar-refractivity contribution in [3.05, 3.63) is 48.0 Å². The quantitative estimate of drug-likeness (QED) is 0.531. The number of fused-ring (bicyclic) bond motifs is 2. The first-order chi connectivity index (χ1) is 15.9. The molecule has 0 unspecified atom stereocenters. The first-order valence-electron chi connectivity index (χ1n) is 10.6. The SMILES string of the molecule is Cc1cc(SCC(=O)Nc2ccc3c(c2)OCO3)nc2ccc(S(=O)(=O)N3CCCC3)cc12. The lowest BCUT2D eigenvalue weighted by Gasteiger charge is -2.16. The molecule has 0 radical (unpaired) electrons. The number of hydrogen-bond acceptors (Lipinski definition) is 7. The molecule has 2 aliphatic heterocycles. The number of rotatable bonds is 6. The molecule has 172 valence electrons. The van der Waals surface area contributed by atoms with E-state index in [1.165, 1.54) is 11.8 Å². The molecule has 33 heavy (non-hydrogen) atoms. The fraction of sp³-hybridized carbons (Fsp3) is 0.304. The molecule has 1 aromatic heterocycles. The van der Waals surface area contributed by atoms with Crippen LogP contribution in [0.2, 0.25) is 0 Å². The number of aromatic nitrogens is 1. The maximum absolute atomic E-state index is 12.9. The first kappa shape index (κ1) is 22.0. The second kappa shape index (κ2) is 8.85. The second-order valence-corrected chi connectivity index (χ2v) is 10.9. The summed E-state index contributed by atoms with van der Waals surface area (Å²) >= 11 is 1.33. The Kier molecular flexibility index (Phi) is 5.90. The van der Waals surface area contributed by atoms with E-state index in [0.717, 1.165) is 23.8 Å². The molecular weight excluding hydrogens is 462 g/mol. The van der Waals surface area contributed by atoms with Gasteiger partial charge in [-0.15, -0.1) is 0 Å². The molecule has 5 rings (SSSR count). The van der Waals surface area contributed by atoms with Crippen molar-refractivity contribution in [2.75, 3.05) is 31.0 Å². The molecular formula is C23H23N3O5S2. The molecule has 0 aliphatic carbocycles. The standard InChI is InChI=1S/C23H23N3O5S2/c1-15-10-23(32-13-22(27)24-16-4-7-20-21(11-16)31-14-30-20)25-19-6-5-17(12-18(15)19)33(28,29)26-8-2-3-9-26/h4-7,10-12H,2-3,8-9,13-14H2,1H3,(H,24,27). The van der Waals surface area contributed by atoms with Crippen LogP contribution in [0.4, 0.5) is 5.69 Å². The van der Waals surface area contributed by atoms with Gasteiger partial charge in [-0.3, -0.25) is 4.79 Å². The molecule has 10 heteroatoms. The van der Waals surface area contributed by atoms with Gasteiger partial charge in [-0.05, 0) is 61.7 Å². The Labute approximate surface area is 196 Å². The van der Waals surface area contributed by atoms with Gasteiger partial charge >= 0.3 is 0 Å². The average Bonchev–Trinajstić information content (AvgIpc) is 3.50. The largest absolute Gasteiger partial charge is 0.454 e. The van der Waals surface area contributed by atoms with Crippen LogP contribution >= 0.6 is 11.8 Å². The predicted molar refractivity (Wildman–Crippen MR) is 126 cm³/mol.